The Morgan fingerprint density at radius 1 is 1.19 bits per heavy atom. The summed E-state index contributed by atoms with van der Waals surface area (Å²) in [6.07, 6.45) is 5.10. The van der Waals surface area contributed by atoms with Crippen LogP contribution in [0.15, 0.2) is 35.1 Å². The predicted octanol–water partition coefficient (Wildman–Crippen LogP) is 3.27. The molecule has 1 aliphatic rings. The first-order valence-corrected chi connectivity index (χ1v) is 9.85. The highest BCUT2D eigenvalue weighted by Crippen LogP contribution is 2.34. The number of thiophene rings is 1. The van der Waals surface area contributed by atoms with Crippen molar-refractivity contribution >= 4 is 27.5 Å². The largest absolute Gasteiger partial charge is 0.370 e. The van der Waals surface area contributed by atoms with E-state index in [-0.39, 0.29) is 17.9 Å². The van der Waals surface area contributed by atoms with Crippen LogP contribution in [0.3, 0.4) is 0 Å². The number of carbonyl (C=O) groups excluding carboxylic acids is 1. The summed E-state index contributed by atoms with van der Waals surface area (Å²) < 4.78 is 1.72. The fourth-order valence-electron chi connectivity index (χ4n) is 3.66. The number of fused-ring (bicyclic) bond motifs is 3. The molecule has 4 rings (SSSR count). The Bertz CT molecular complexity index is 1020. The molecule has 3 aromatic rings. The van der Waals surface area contributed by atoms with E-state index in [1.807, 2.05) is 30.3 Å². The molecule has 0 fully saturated rings. The van der Waals surface area contributed by atoms with Gasteiger partial charge in [-0.15, -0.1) is 11.3 Å². The molecule has 1 aliphatic carbocycles. The van der Waals surface area contributed by atoms with Gasteiger partial charge in [-0.2, -0.15) is 0 Å². The van der Waals surface area contributed by atoms with Crippen LogP contribution >= 0.6 is 11.3 Å². The van der Waals surface area contributed by atoms with Gasteiger partial charge in [-0.05, 0) is 37.7 Å². The van der Waals surface area contributed by atoms with Gasteiger partial charge in [0.15, 0.2) is 0 Å². The van der Waals surface area contributed by atoms with Crippen molar-refractivity contribution in [3.8, 4) is 11.4 Å². The monoisotopic (exact) mass is 367 g/mol. The summed E-state index contributed by atoms with van der Waals surface area (Å²) in [5.41, 5.74) is 7.39. The summed E-state index contributed by atoms with van der Waals surface area (Å²) >= 11 is 1.66. The SMILES string of the molecule is NC(=O)CCCn1c(-c2ccccc2)nc2sc3c(c2c1=O)CCCC3. The Labute approximate surface area is 155 Å². The average molecular weight is 367 g/mol. The summed E-state index contributed by atoms with van der Waals surface area (Å²) in [6, 6.07) is 9.76. The zero-order chi connectivity index (χ0) is 18.1. The molecule has 0 spiro atoms. The molecule has 1 amide bonds. The molecule has 134 valence electrons. The number of benzene rings is 1. The smallest absolute Gasteiger partial charge is 0.262 e. The summed E-state index contributed by atoms with van der Waals surface area (Å²) in [6.45, 7) is 0.444. The van der Waals surface area contributed by atoms with Gasteiger partial charge in [0.05, 0.1) is 5.39 Å². The van der Waals surface area contributed by atoms with E-state index in [1.165, 1.54) is 16.9 Å². The number of aryl methyl sites for hydroxylation is 2. The van der Waals surface area contributed by atoms with E-state index in [4.69, 9.17) is 10.7 Å². The predicted molar refractivity (Wildman–Crippen MR) is 104 cm³/mol. The third kappa shape index (κ3) is 3.05. The van der Waals surface area contributed by atoms with E-state index >= 15 is 0 Å². The molecule has 6 heteroatoms. The average Bonchev–Trinajstić information content (AvgIpc) is 3.02. The second-order valence-corrected chi connectivity index (χ2v) is 7.80. The van der Waals surface area contributed by atoms with Gasteiger partial charge >= 0.3 is 0 Å². The lowest BCUT2D eigenvalue weighted by atomic mass is 9.97. The van der Waals surface area contributed by atoms with Crippen LogP contribution in [-0.2, 0) is 24.2 Å². The molecule has 2 heterocycles. The first-order chi connectivity index (χ1) is 12.6. The summed E-state index contributed by atoms with van der Waals surface area (Å²) in [4.78, 5) is 31.5. The van der Waals surface area contributed by atoms with E-state index in [0.717, 1.165) is 35.0 Å². The van der Waals surface area contributed by atoms with Gasteiger partial charge in [0.25, 0.3) is 5.56 Å². The van der Waals surface area contributed by atoms with Gasteiger partial charge in [0.2, 0.25) is 5.91 Å². The molecule has 0 saturated heterocycles. The second-order valence-electron chi connectivity index (χ2n) is 6.72. The maximum absolute atomic E-state index is 13.3. The molecule has 26 heavy (non-hydrogen) atoms. The molecule has 0 atom stereocenters. The molecular weight excluding hydrogens is 346 g/mol. The molecule has 2 aromatic heterocycles. The molecule has 2 N–H and O–H groups in total. The number of rotatable bonds is 5. The van der Waals surface area contributed by atoms with Gasteiger partial charge < -0.3 is 5.73 Å². The lowest BCUT2D eigenvalue weighted by Gasteiger charge is -2.13. The minimum atomic E-state index is -0.346. The molecule has 0 aliphatic heterocycles. The normalized spacial score (nSPS) is 13.7. The van der Waals surface area contributed by atoms with E-state index in [1.54, 1.807) is 15.9 Å². The summed E-state index contributed by atoms with van der Waals surface area (Å²) in [5, 5.41) is 0.781. The van der Waals surface area contributed by atoms with Crippen molar-refractivity contribution in [2.75, 3.05) is 0 Å². The lowest BCUT2D eigenvalue weighted by molar-refractivity contribution is -0.118. The highest BCUT2D eigenvalue weighted by molar-refractivity contribution is 7.18. The minimum Gasteiger partial charge on any atom is -0.370 e. The number of primary amides is 1. The van der Waals surface area contributed by atoms with Crippen molar-refractivity contribution in [2.45, 2.75) is 45.1 Å². The maximum atomic E-state index is 13.3. The number of carbonyl (C=O) groups is 1. The fourth-order valence-corrected chi connectivity index (χ4v) is 4.92. The first kappa shape index (κ1) is 17.0. The topological polar surface area (TPSA) is 78.0 Å². The van der Waals surface area contributed by atoms with Crippen LogP contribution in [-0.4, -0.2) is 15.5 Å². The third-order valence-corrected chi connectivity index (χ3v) is 6.10. The summed E-state index contributed by atoms with van der Waals surface area (Å²) in [5.74, 6) is 0.326. The van der Waals surface area contributed by atoms with Crippen molar-refractivity contribution in [1.29, 1.82) is 0 Å². The highest BCUT2D eigenvalue weighted by atomic mass is 32.1. The van der Waals surface area contributed by atoms with Crippen LogP contribution in [0.1, 0.15) is 36.1 Å². The standard InChI is InChI=1S/C20H21N3O2S/c21-16(24)11-6-12-23-18(13-7-2-1-3-8-13)22-19-17(20(23)25)14-9-4-5-10-15(14)26-19/h1-3,7-8H,4-6,9-12H2,(H2,21,24). The Balaban J connectivity index is 1.90. The second kappa shape index (κ2) is 7.03. The third-order valence-electron chi connectivity index (χ3n) is 4.91. The zero-order valence-electron chi connectivity index (χ0n) is 14.5. The quantitative estimate of drug-likeness (QED) is 0.752. The number of nitrogens with two attached hydrogens (primary N) is 1. The Kier molecular flexibility index (Phi) is 4.59. The first-order valence-electron chi connectivity index (χ1n) is 9.04. The van der Waals surface area contributed by atoms with Crippen LogP contribution in [0.4, 0.5) is 0 Å². The number of amides is 1. The van der Waals surface area contributed by atoms with Gasteiger partial charge in [0.1, 0.15) is 10.7 Å². The van der Waals surface area contributed by atoms with E-state index in [2.05, 4.69) is 0 Å². The number of aromatic nitrogens is 2. The van der Waals surface area contributed by atoms with Gasteiger partial charge in [-0.25, -0.2) is 4.98 Å². The molecule has 0 unspecified atom stereocenters. The van der Waals surface area contributed by atoms with E-state index in [9.17, 15) is 9.59 Å². The van der Waals surface area contributed by atoms with Crippen LogP contribution in [0, 0.1) is 0 Å². The van der Waals surface area contributed by atoms with Crippen molar-refractivity contribution in [2.24, 2.45) is 5.73 Å². The molecule has 0 radical (unpaired) electrons. The van der Waals surface area contributed by atoms with Crippen LogP contribution in [0.5, 0.6) is 0 Å². The maximum Gasteiger partial charge on any atom is 0.262 e. The highest BCUT2D eigenvalue weighted by Gasteiger charge is 2.22. The van der Waals surface area contributed by atoms with Crippen LogP contribution in [0.2, 0.25) is 0 Å². The van der Waals surface area contributed by atoms with Gasteiger partial charge in [0, 0.05) is 23.4 Å². The van der Waals surface area contributed by atoms with E-state index < -0.39 is 0 Å². The number of hydrogen-bond donors (Lipinski definition) is 1. The molecule has 0 saturated carbocycles. The van der Waals surface area contributed by atoms with E-state index in [0.29, 0.717) is 18.8 Å². The van der Waals surface area contributed by atoms with Crippen LogP contribution in [0.25, 0.3) is 21.6 Å². The minimum absolute atomic E-state index is 0.0118. The number of nitrogens with zero attached hydrogens (tertiary/aromatic N) is 2. The number of hydrogen-bond acceptors (Lipinski definition) is 4. The molecule has 1 aromatic carbocycles. The lowest BCUT2D eigenvalue weighted by Crippen LogP contribution is -2.25. The van der Waals surface area contributed by atoms with Crippen LogP contribution < -0.4 is 11.3 Å². The molecular formula is C20H21N3O2S. The Morgan fingerprint density at radius 2 is 1.96 bits per heavy atom. The zero-order valence-corrected chi connectivity index (χ0v) is 15.3. The molecule has 0 bridgehead atoms. The van der Waals surface area contributed by atoms with Crippen molar-refractivity contribution in [3.05, 3.63) is 51.1 Å². The Morgan fingerprint density at radius 3 is 2.73 bits per heavy atom. The van der Waals surface area contributed by atoms with Gasteiger partial charge in [-0.1, -0.05) is 30.3 Å². The Hall–Kier alpha value is -2.47. The fraction of sp³-hybridized carbons (Fsp3) is 0.350. The molecule has 5 nitrogen and oxygen atoms in total. The van der Waals surface area contributed by atoms with Gasteiger partial charge in [-0.3, -0.25) is 14.2 Å². The van der Waals surface area contributed by atoms with Crippen molar-refractivity contribution in [1.82, 2.24) is 9.55 Å². The van der Waals surface area contributed by atoms with Crippen molar-refractivity contribution in [3.63, 3.8) is 0 Å². The van der Waals surface area contributed by atoms with Crippen molar-refractivity contribution < 1.29 is 4.79 Å². The summed E-state index contributed by atoms with van der Waals surface area (Å²) in [7, 11) is 0.